The quantitative estimate of drug-likeness (QED) is 0.150. The van der Waals surface area contributed by atoms with Crippen LogP contribution in [0.5, 0.6) is 0 Å². The zero-order valence-electron chi connectivity index (χ0n) is 19.8. The van der Waals surface area contributed by atoms with Gasteiger partial charge in [0.25, 0.3) is 0 Å². The summed E-state index contributed by atoms with van der Waals surface area (Å²) in [5.74, 6) is -2.39. The van der Waals surface area contributed by atoms with E-state index in [2.05, 4.69) is 9.89 Å². The summed E-state index contributed by atoms with van der Waals surface area (Å²) in [5.41, 5.74) is 0.614. The molecular formula is C25H23F6NO4S. The van der Waals surface area contributed by atoms with Gasteiger partial charge in [-0.1, -0.05) is 29.4 Å². The molecule has 0 saturated heterocycles. The predicted octanol–water partition coefficient (Wildman–Crippen LogP) is 7.40. The van der Waals surface area contributed by atoms with Crippen LogP contribution in [0.3, 0.4) is 0 Å². The third-order valence-electron chi connectivity index (χ3n) is 5.45. The number of halogens is 6. The van der Waals surface area contributed by atoms with E-state index in [0.717, 1.165) is 19.2 Å². The summed E-state index contributed by atoms with van der Waals surface area (Å²) in [4.78, 5) is 12.1. The molecule has 0 radical (unpaired) electrons. The summed E-state index contributed by atoms with van der Waals surface area (Å²) in [6.07, 6.45) is -9.91. The van der Waals surface area contributed by atoms with E-state index >= 15 is 0 Å². The Bertz CT molecular complexity index is 1170. The molecule has 200 valence electrons. The molecule has 0 saturated carbocycles. The summed E-state index contributed by atoms with van der Waals surface area (Å²) in [5, 5.41) is 4.05. The molecule has 37 heavy (non-hydrogen) atoms. The van der Waals surface area contributed by atoms with Crippen molar-refractivity contribution >= 4 is 17.7 Å². The van der Waals surface area contributed by atoms with Gasteiger partial charge in [0.1, 0.15) is 0 Å². The standard InChI is InChI=1S/C25H23F6NO4S/c1-3-35-13-19-21(32-36-23(19)16-4-8-17(9-5-16)24(26,27)28)14-37-18-10-6-15(7-11-18)20(25(29,30)31)12-22(33)34-2/h4-11,20H,3,12-14H2,1-2H3. The summed E-state index contributed by atoms with van der Waals surface area (Å²) in [7, 11) is 1.03. The molecular weight excluding hydrogens is 524 g/mol. The van der Waals surface area contributed by atoms with E-state index in [-0.39, 0.29) is 23.7 Å². The van der Waals surface area contributed by atoms with E-state index in [0.29, 0.717) is 28.3 Å². The Morgan fingerprint density at radius 2 is 1.68 bits per heavy atom. The molecule has 12 heteroatoms. The minimum Gasteiger partial charge on any atom is -0.469 e. The lowest BCUT2D eigenvalue weighted by Crippen LogP contribution is -2.24. The predicted molar refractivity (Wildman–Crippen MR) is 124 cm³/mol. The van der Waals surface area contributed by atoms with Gasteiger partial charge in [-0.15, -0.1) is 11.8 Å². The van der Waals surface area contributed by atoms with Crippen LogP contribution in [0.1, 0.15) is 41.6 Å². The first-order chi connectivity index (χ1) is 17.4. The highest BCUT2D eigenvalue weighted by Crippen LogP contribution is 2.39. The van der Waals surface area contributed by atoms with E-state index < -0.39 is 36.2 Å². The third kappa shape index (κ3) is 7.51. The number of benzene rings is 2. The van der Waals surface area contributed by atoms with Crippen LogP contribution in [0.25, 0.3) is 11.3 Å². The molecule has 0 bridgehead atoms. The fourth-order valence-electron chi connectivity index (χ4n) is 3.47. The van der Waals surface area contributed by atoms with Crippen LogP contribution < -0.4 is 0 Å². The molecule has 3 aromatic rings. The van der Waals surface area contributed by atoms with Crippen LogP contribution in [0.2, 0.25) is 0 Å². The maximum Gasteiger partial charge on any atom is 0.416 e. The number of rotatable bonds is 10. The molecule has 0 fully saturated rings. The van der Waals surface area contributed by atoms with Gasteiger partial charge in [0.2, 0.25) is 0 Å². The molecule has 2 aromatic carbocycles. The van der Waals surface area contributed by atoms with Crippen molar-refractivity contribution in [2.75, 3.05) is 13.7 Å². The van der Waals surface area contributed by atoms with Crippen LogP contribution in [-0.4, -0.2) is 31.0 Å². The lowest BCUT2D eigenvalue weighted by atomic mass is 9.95. The maximum absolute atomic E-state index is 13.4. The number of hydrogen-bond donors (Lipinski definition) is 0. The van der Waals surface area contributed by atoms with Gasteiger partial charge < -0.3 is 14.0 Å². The van der Waals surface area contributed by atoms with E-state index in [4.69, 9.17) is 9.26 Å². The minimum atomic E-state index is -4.62. The molecule has 0 aliphatic heterocycles. The van der Waals surface area contributed by atoms with Crippen molar-refractivity contribution in [3.05, 3.63) is 70.9 Å². The number of thioether (sulfide) groups is 1. The Morgan fingerprint density at radius 3 is 2.22 bits per heavy atom. The van der Waals surface area contributed by atoms with Gasteiger partial charge >= 0.3 is 18.3 Å². The highest BCUT2D eigenvalue weighted by Gasteiger charge is 2.42. The zero-order chi connectivity index (χ0) is 27.2. The molecule has 1 unspecified atom stereocenters. The zero-order valence-corrected chi connectivity index (χ0v) is 20.6. The second-order valence-electron chi connectivity index (χ2n) is 7.88. The Morgan fingerprint density at radius 1 is 1.03 bits per heavy atom. The van der Waals surface area contributed by atoms with Crippen LogP contribution >= 0.6 is 11.8 Å². The van der Waals surface area contributed by atoms with Gasteiger partial charge in [-0.25, -0.2) is 0 Å². The van der Waals surface area contributed by atoms with Gasteiger partial charge in [0.15, 0.2) is 5.76 Å². The van der Waals surface area contributed by atoms with Crippen LogP contribution in [0.4, 0.5) is 26.3 Å². The van der Waals surface area contributed by atoms with Crippen molar-refractivity contribution in [2.24, 2.45) is 0 Å². The Hall–Kier alpha value is -2.99. The number of carbonyl (C=O) groups is 1. The molecule has 5 nitrogen and oxygen atoms in total. The monoisotopic (exact) mass is 547 g/mol. The SMILES string of the molecule is CCOCc1c(CSc2ccc(C(CC(=O)OC)C(F)(F)F)cc2)noc1-c1ccc(C(F)(F)F)cc1. The van der Waals surface area contributed by atoms with Crippen LogP contribution in [-0.2, 0) is 32.8 Å². The van der Waals surface area contributed by atoms with Gasteiger partial charge in [-0.2, -0.15) is 26.3 Å². The number of methoxy groups -OCH3 is 1. The number of alkyl halides is 6. The van der Waals surface area contributed by atoms with Gasteiger partial charge in [0, 0.05) is 28.4 Å². The van der Waals surface area contributed by atoms with Gasteiger partial charge in [-0.3, -0.25) is 4.79 Å². The van der Waals surface area contributed by atoms with Crippen molar-refractivity contribution in [1.82, 2.24) is 5.16 Å². The summed E-state index contributed by atoms with van der Waals surface area (Å²) in [6.45, 7) is 2.29. The lowest BCUT2D eigenvalue weighted by molar-refractivity contribution is -0.164. The molecule has 0 aliphatic rings. The first kappa shape index (κ1) is 28.6. The van der Waals surface area contributed by atoms with Crippen LogP contribution in [0, 0.1) is 0 Å². The number of esters is 1. The van der Waals surface area contributed by atoms with Gasteiger partial charge in [-0.05, 0) is 36.8 Å². The van der Waals surface area contributed by atoms with Crippen molar-refractivity contribution < 1.29 is 45.1 Å². The largest absolute Gasteiger partial charge is 0.469 e. The lowest BCUT2D eigenvalue weighted by Gasteiger charge is -2.19. The molecule has 0 spiro atoms. The van der Waals surface area contributed by atoms with E-state index in [9.17, 15) is 31.1 Å². The average Bonchev–Trinajstić information content (AvgIpc) is 3.26. The number of ether oxygens (including phenoxy) is 2. The van der Waals surface area contributed by atoms with Crippen LogP contribution in [0.15, 0.2) is 57.9 Å². The van der Waals surface area contributed by atoms with E-state index in [1.807, 2.05) is 0 Å². The number of aromatic nitrogens is 1. The molecule has 3 rings (SSSR count). The topological polar surface area (TPSA) is 61.6 Å². The second-order valence-corrected chi connectivity index (χ2v) is 8.93. The van der Waals surface area contributed by atoms with Crippen molar-refractivity contribution in [3.63, 3.8) is 0 Å². The van der Waals surface area contributed by atoms with E-state index in [1.165, 1.54) is 48.2 Å². The highest BCUT2D eigenvalue weighted by atomic mass is 32.2. The second kappa shape index (κ2) is 12.0. The highest BCUT2D eigenvalue weighted by molar-refractivity contribution is 7.98. The first-order valence-corrected chi connectivity index (χ1v) is 12.0. The summed E-state index contributed by atoms with van der Waals surface area (Å²) >= 11 is 1.28. The minimum absolute atomic E-state index is 0.0645. The normalized spacial score (nSPS) is 13.0. The third-order valence-corrected chi connectivity index (χ3v) is 6.47. The Kier molecular flexibility index (Phi) is 9.30. The van der Waals surface area contributed by atoms with Crippen molar-refractivity contribution in [2.45, 2.75) is 48.9 Å². The van der Waals surface area contributed by atoms with Gasteiger partial charge in [0.05, 0.1) is 37.3 Å². The van der Waals surface area contributed by atoms with Crippen molar-refractivity contribution in [1.29, 1.82) is 0 Å². The maximum atomic E-state index is 13.4. The number of nitrogens with zero attached hydrogens (tertiary/aromatic N) is 1. The average molecular weight is 548 g/mol. The van der Waals surface area contributed by atoms with E-state index in [1.54, 1.807) is 6.92 Å². The molecule has 0 amide bonds. The molecule has 1 heterocycles. The number of hydrogen-bond acceptors (Lipinski definition) is 6. The number of carbonyl (C=O) groups excluding carboxylic acids is 1. The molecule has 1 aromatic heterocycles. The molecule has 0 aliphatic carbocycles. The Labute approximate surface area is 213 Å². The Balaban J connectivity index is 1.78. The molecule has 1 atom stereocenters. The fraction of sp³-hybridized carbons (Fsp3) is 0.360. The fourth-order valence-corrected chi connectivity index (χ4v) is 4.33. The first-order valence-electron chi connectivity index (χ1n) is 11.0. The van der Waals surface area contributed by atoms with Crippen molar-refractivity contribution in [3.8, 4) is 11.3 Å². The smallest absolute Gasteiger partial charge is 0.416 e. The summed E-state index contributed by atoms with van der Waals surface area (Å²) < 4.78 is 94.3. The summed E-state index contributed by atoms with van der Waals surface area (Å²) in [6, 6.07) is 10.1. The molecule has 0 N–H and O–H groups in total.